The quantitative estimate of drug-likeness (QED) is 0.559. The monoisotopic (exact) mass is 388 g/mol. The van der Waals surface area contributed by atoms with E-state index in [0.717, 1.165) is 0 Å². The van der Waals surface area contributed by atoms with Gasteiger partial charge < -0.3 is 0 Å². The summed E-state index contributed by atoms with van der Waals surface area (Å²) < 4.78 is 7.19. The fourth-order valence-corrected chi connectivity index (χ4v) is 1.53. The molecule has 0 unspecified atom stereocenters. The van der Waals surface area contributed by atoms with E-state index in [9.17, 15) is 9.59 Å². The minimum absolute atomic E-state index is 0.124. The van der Waals surface area contributed by atoms with Crippen LogP contribution in [0.1, 0.15) is 19.4 Å². The second-order valence-corrected chi connectivity index (χ2v) is 4.53. The van der Waals surface area contributed by atoms with Crippen LogP contribution >= 0.6 is 0 Å². The summed E-state index contributed by atoms with van der Waals surface area (Å²) in [7, 11) is 0. The molecule has 0 N–H and O–H groups in total. The fourth-order valence-electron chi connectivity index (χ4n) is 1.25. The van der Waals surface area contributed by atoms with E-state index in [0.29, 0.717) is 11.1 Å². The summed E-state index contributed by atoms with van der Waals surface area (Å²) >= 11 is 1.31. The van der Waals surface area contributed by atoms with E-state index in [4.69, 9.17) is 4.74 Å². The van der Waals surface area contributed by atoms with Crippen LogP contribution in [0.15, 0.2) is 28.3 Å². The molecular weight excluding hydrogens is 376 g/mol. The molecule has 3 nitrogen and oxygen atoms in total. The summed E-state index contributed by atoms with van der Waals surface area (Å²) in [5.41, 5.74) is -0.220. The first-order chi connectivity index (χ1) is 7.49. The van der Waals surface area contributed by atoms with Crippen molar-refractivity contribution in [3.63, 3.8) is 0 Å². The first-order valence-corrected chi connectivity index (χ1v) is 6.49. The molecule has 1 rings (SSSR count). The molecule has 1 aromatic carbocycles. The topological polar surface area (TPSA) is 43.4 Å². The molecule has 0 aliphatic carbocycles. The number of rotatable bonds is 5. The molecule has 0 amide bonds. The third-order valence-electron chi connectivity index (χ3n) is 1.92. The van der Waals surface area contributed by atoms with Crippen molar-refractivity contribution in [2.45, 2.75) is 20.0 Å². The molecule has 16 heavy (non-hydrogen) atoms. The van der Waals surface area contributed by atoms with Gasteiger partial charge in [0.2, 0.25) is 0 Å². The maximum atomic E-state index is 11.4. The van der Waals surface area contributed by atoms with Gasteiger partial charge in [0, 0.05) is 0 Å². The third kappa shape index (κ3) is 2.53. The normalized spacial score (nSPS) is 11.2. The average Bonchev–Trinajstić information content (AvgIpc) is 2.24. The molecule has 0 aromatic heterocycles. The molecule has 0 aliphatic heterocycles. The van der Waals surface area contributed by atoms with E-state index in [1.807, 2.05) is 18.2 Å². The van der Waals surface area contributed by atoms with Crippen molar-refractivity contribution in [2.24, 2.45) is 0 Å². The van der Waals surface area contributed by atoms with Crippen LogP contribution in [0.5, 0.6) is 5.75 Å². The first kappa shape index (κ1) is 13.0. The van der Waals surface area contributed by atoms with Gasteiger partial charge in [0.25, 0.3) is 0 Å². The van der Waals surface area contributed by atoms with Gasteiger partial charge in [-0.15, -0.1) is 0 Å². The second kappa shape index (κ2) is 5.31. The predicted molar refractivity (Wildman–Crippen MR) is 61.4 cm³/mol. The number of ether oxygens (including phenoxy) is 1. The molecule has 0 saturated heterocycles. The maximum absolute atomic E-state index is 11.4. The Morgan fingerprint density at radius 2 is 2.00 bits per heavy atom. The van der Waals surface area contributed by atoms with Crippen molar-refractivity contribution < 1.29 is 24.1 Å². The van der Waals surface area contributed by atoms with Crippen LogP contribution in [0.25, 0.3) is 5.57 Å². The van der Waals surface area contributed by atoms with Crippen molar-refractivity contribution in [1.82, 2.24) is 0 Å². The molecule has 0 aliphatic rings. The number of hydrogen-bond acceptors (Lipinski definition) is 3. The number of allylic oxidation sites excluding steroid dienone is 3. The Balaban J connectivity index is 3.06. The SMILES string of the molecule is C=C(/C=C\[CH]=[W])c1c(OC(C)C)c(=O)c1=O. The molecule has 0 spiro atoms. The van der Waals surface area contributed by atoms with Gasteiger partial charge in [-0.05, 0) is 0 Å². The van der Waals surface area contributed by atoms with E-state index in [2.05, 4.69) is 6.58 Å². The van der Waals surface area contributed by atoms with Crippen LogP contribution in [0, 0.1) is 0 Å². The minimum atomic E-state index is -0.552. The molecular formula is C12H12O3W. The first-order valence-electron chi connectivity index (χ1n) is 4.80. The Labute approximate surface area is 105 Å². The molecule has 84 valence electrons. The summed E-state index contributed by atoms with van der Waals surface area (Å²) in [5.74, 6) is 0.151. The Bertz CT molecular complexity index is 516. The van der Waals surface area contributed by atoms with Crippen molar-refractivity contribution in [3.8, 4) is 5.75 Å². The van der Waals surface area contributed by atoms with Gasteiger partial charge in [-0.1, -0.05) is 0 Å². The molecule has 0 bridgehead atoms. The summed E-state index contributed by atoms with van der Waals surface area (Å²) in [4.78, 5) is 22.7. The average molecular weight is 388 g/mol. The molecule has 1 aromatic rings. The van der Waals surface area contributed by atoms with E-state index in [1.165, 1.54) is 19.4 Å². The molecule has 4 heteroatoms. The van der Waals surface area contributed by atoms with E-state index in [-0.39, 0.29) is 11.9 Å². The van der Waals surface area contributed by atoms with Crippen LogP contribution in [-0.4, -0.2) is 10.5 Å². The van der Waals surface area contributed by atoms with Crippen molar-refractivity contribution >= 4 is 9.97 Å². The van der Waals surface area contributed by atoms with E-state index in [1.54, 1.807) is 12.2 Å². The van der Waals surface area contributed by atoms with Gasteiger partial charge >= 0.3 is 105 Å². The van der Waals surface area contributed by atoms with Crippen molar-refractivity contribution in [3.05, 3.63) is 44.7 Å². The third-order valence-corrected chi connectivity index (χ3v) is 2.48. The van der Waals surface area contributed by atoms with Gasteiger partial charge in [0.15, 0.2) is 0 Å². The van der Waals surface area contributed by atoms with Crippen LogP contribution in [0.2, 0.25) is 0 Å². The second-order valence-electron chi connectivity index (χ2n) is 3.55. The molecule has 0 fully saturated rings. The van der Waals surface area contributed by atoms with Gasteiger partial charge in [0.05, 0.1) is 0 Å². The standard InChI is InChI=1S/C12H12O3.W/c1-5-6-8(4)9-10(13)11(14)12(9)15-7(2)3;/h1,5-7H,4H2,2-3H3;/b6-5-;. The van der Waals surface area contributed by atoms with Crippen LogP contribution < -0.4 is 15.6 Å². The Kier molecular flexibility index (Phi) is 4.31. The number of hydrogen-bond donors (Lipinski definition) is 0. The summed E-state index contributed by atoms with van der Waals surface area (Å²) in [5, 5.41) is 0. The van der Waals surface area contributed by atoms with Crippen LogP contribution in [0.3, 0.4) is 0 Å². The van der Waals surface area contributed by atoms with E-state index < -0.39 is 10.9 Å². The Morgan fingerprint density at radius 1 is 1.38 bits per heavy atom. The molecule has 0 atom stereocenters. The predicted octanol–water partition coefficient (Wildman–Crippen LogP) is 0.988. The summed E-state index contributed by atoms with van der Waals surface area (Å²) in [6.07, 6.45) is 3.38. The molecule has 0 radical (unpaired) electrons. The summed E-state index contributed by atoms with van der Waals surface area (Å²) in [6.45, 7) is 7.36. The fraction of sp³-hybridized carbons (Fsp3) is 0.250. The van der Waals surface area contributed by atoms with Crippen molar-refractivity contribution in [2.75, 3.05) is 0 Å². The van der Waals surface area contributed by atoms with Gasteiger partial charge in [0.1, 0.15) is 0 Å². The van der Waals surface area contributed by atoms with Gasteiger partial charge in [-0.25, -0.2) is 0 Å². The molecule has 0 saturated carbocycles. The zero-order valence-electron chi connectivity index (χ0n) is 9.15. The molecule has 0 heterocycles. The van der Waals surface area contributed by atoms with E-state index >= 15 is 0 Å². The Hall–Kier alpha value is -1.08. The Morgan fingerprint density at radius 3 is 2.50 bits per heavy atom. The zero-order valence-corrected chi connectivity index (χ0v) is 12.1. The zero-order chi connectivity index (χ0) is 12.3. The van der Waals surface area contributed by atoms with Crippen LogP contribution in [0.4, 0.5) is 0 Å². The van der Waals surface area contributed by atoms with Crippen LogP contribution in [-0.2, 0) is 19.4 Å². The van der Waals surface area contributed by atoms with Gasteiger partial charge in [-0.2, -0.15) is 0 Å². The summed E-state index contributed by atoms with van der Waals surface area (Å²) in [6, 6.07) is 0. The van der Waals surface area contributed by atoms with Crippen molar-refractivity contribution in [1.29, 1.82) is 0 Å². The van der Waals surface area contributed by atoms with Gasteiger partial charge in [-0.3, -0.25) is 0 Å².